The van der Waals surface area contributed by atoms with Gasteiger partial charge in [-0.1, -0.05) is 30.3 Å². The predicted octanol–water partition coefficient (Wildman–Crippen LogP) is 6.34. The first-order chi connectivity index (χ1) is 19.8. The Bertz CT molecular complexity index is 2030. The van der Waals surface area contributed by atoms with Gasteiger partial charge in [-0.05, 0) is 49.4 Å². The summed E-state index contributed by atoms with van der Waals surface area (Å²) in [4.78, 5) is 17.8. The van der Waals surface area contributed by atoms with Gasteiger partial charge in [-0.3, -0.25) is 9.52 Å². The Morgan fingerprint density at radius 2 is 1.68 bits per heavy atom. The van der Waals surface area contributed by atoms with Gasteiger partial charge in [0.1, 0.15) is 22.8 Å². The van der Waals surface area contributed by atoms with Crippen LogP contribution in [0, 0.1) is 5.82 Å². The van der Waals surface area contributed by atoms with Gasteiger partial charge in [0.05, 0.1) is 22.7 Å². The van der Waals surface area contributed by atoms with Gasteiger partial charge in [-0.25, -0.2) is 17.8 Å². The lowest BCUT2D eigenvalue weighted by Crippen LogP contribution is -2.18. The number of aromatic nitrogens is 2. The summed E-state index contributed by atoms with van der Waals surface area (Å²) in [5, 5.41) is 3.13. The van der Waals surface area contributed by atoms with Crippen LogP contribution in [-0.4, -0.2) is 36.5 Å². The third-order valence-corrected chi connectivity index (χ3v) is 8.16. The molecule has 0 saturated heterocycles. The van der Waals surface area contributed by atoms with Gasteiger partial charge in [0.15, 0.2) is 0 Å². The lowest BCUT2D eigenvalue weighted by Gasteiger charge is -2.13. The van der Waals surface area contributed by atoms with Crippen molar-refractivity contribution in [2.45, 2.75) is 6.92 Å². The van der Waals surface area contributed by atoms with Gasteiger partial charge < -0.3 is 14.1 Å². The normalized spacial score (nSPS) is 11.7. The number of benzene rings is 3. The SMILES string of the molecule is CCS(=O)(=O)Nc1cc2oc(-c3ccc(F)cc3)c(C(=O)NC)c2cc1-c1ccc2nc(-c3ccccc3)cn2c1. The van der Waals surface area contributed by atoms with Crippen LogP contribution >= 0.6 is 0 Å². The topological polar surface area (TPSA) is 106 Å². The van der Waals surface area contributed by atoms with Crippen molar-refractivity contribution in [1.82, 2.24) is 14.7 Å². The molecule has 8 nitrogen and oxygen atoms in total. The molecule has 0 spiro atoms. The van der Waals surface area contributed by atoms with Crippen molar-refractivity contribution < 1.29 is 22.0 Å². The van der Waals surface area contributed by atoms with Gasteiger partial charge >= 0.3 is 0 Å². The number of hydrogen-bond donors (Lipinski definition) is 2. The number of nitrogens with one attached hydrogen (secondary N) is 2. The molecule has 0 radical (unpaired) electrons. The summed E-state index contributed by atoms with van der Waals surface area (Å²) in [6, 6.07) is 22.4. The van der Waals surface area contributed by atoms with Crippen LogP contribution in [0.4, 0.5) is 10.1 Å². The Morgan fingerprint density at radius 1 is 0.951 bits per heavy atom. The van der Waals surface area contributed by atoms with Crippen LogP contribution in [0.2, 0.25) is 0 Å². The molecule has 0 fully saturated rings. The number of nitrogens with zero attached hydrogens (tertiary/aromatic N) is 2. The maximum atomic E-state index is 13.6. The number of rotatable bonds is 7. The highest BCUT2D eigenvalue weighted by Gasteiger charge is 2.24. The highest BCUT2D eigenvalue weighted by molar-refractivity contribution is 7.92. The molecule has 0 unspecified atom stereocenters. The van der Waals surface area contributed by atoms with Crippen molar-refractivity contribution in [3.05, 3.63) is 103 Å². The van der Waals surface area contributed by atoms with E-state index in [4.69, 9.17) is 9.40 Å². The van der Waals surface area contributed by atoms with Crippen molar-refractivity contribution in [1.29, 1.82) is 0 Å². The molecule has 0 atom stereocenters. The summed E-state index contributed by atoms with van der Waals surface area (Å²) in [5.41, 5.74) is 5.09. The Morgan fingerprint density at radius 3 is 2.39 bits per heavy atom. The number of imidazole rings is 1. The number of carbonyl (C=O) groups excluding carboxylic acids is 1. The van der Waals surface area contributed by atoms with E-state index >= 15 is 0 Å². The average Bonchev–Trinajstić information content (AvgIpc) is 3.58. The standard InChI is InChI=1S/C31H25FN4O4S/c1-3-41(38,39)35-25-16-27-24(29(31(37)33-2)30(40-27)20-9-12-22(32)13-10-20)15-23(25)21-11-14-28-34-26(18-36(28)17-21)19-7-5-4-6-8-19/h4-18,35H,3H2,1-2H3,(H,33,37). The van der Waals surface area contributed by atoms with Crippen molar-refractivity contribution >= 4 is 38.2 Å². The quantitative estimate of drug-likeness (QED) is 0.234. The van der Waals surface area contributed by atoms with Crippen LogP contribution in [0.1, 0.15) is 17.3 Å². The lowest BCUT2D eigenvalue weighted by molar-refractivity contribution is 0.0964. The van der Waals surface area contributed by atoms with E-state index in [1.54, 1.807) is 19.1 Å². The van der Waals surface area contributed by atoms with Crippen LogP contribution < -0.4 is 10.0 Å². The summed E-state index contributed by atoms with van der Waals surface area (Å²) < 4.78 is 49.7. The number of carbonyl (C=O) groups is 1. The van der Waals surface area contributed by atoms with Crippen molar-refractivity contribution in [3.63, 3.8) is 0 Å². The summed E-state index contributed by atoms with van der Waals surface area (Å²) in [5.74, 6) is -0.699. The molecule has 0 saturated carbocycles. The van der Waals surface area contributed by atoms with Crippen LogP contribution in [0.15, 0.2) is 95.7 Å². The third-order valence-electron chi connectivity index (χ3n) is 6.87. The summed E-state index contributed by atoms with van der Waals surface area (Å²) >= 11 is 0. The Kier molecular flexibility index (Phi) is 6.55. The molecular weight excluding hydrogens is 543 g/mol. The molecule has 0 aliphatic rings. The molecule has 10 heteroatoms. The molecule has 0 aliphatic carbocycles. The zero-order valence-electron chi connectivity index (χ0n) is 22.2. The minimum absolute atomic E-state index is 0.131. The molecule has 41 heavy (non-hydrogen) atoms. The fourth-order valence-corrected chi connectivity index (χ4v) is 5.41. The smallest absolute Gasteiger partial charge is 0.255 e. The lowest BCUT2D eigenvalue weighted by atomic mass is 9.99. The highest BCUT2D eigenvalue weighted by Crippen LogP contribution is 2.40. The first-order valence-corrected chi connectivity index (χ1v) is 14.5. The van der Waals surface area contributed by atoms with Gasteiger partial charge in [0.2, 0.25) is 10.0 Å². The number of anilines is 1. The highest BCUT2D eigenvalue weighted by atomic mass is 32.2. The van der Waals surface area contributed by atoms with Gasteiger partial charge in [-0.2, -0.15) is 0 Å². The van der Waals surface area contributed by atoms with Gasteiger partial charge in [0, 0.05) is 53.1 Å². The molecule has 6 aromatic rings. The number of pyridine rings is 1. The van der Waals surface area contributed by atoms with Crippen molar-refractivity contribution in [2.75, 3.05) is 17.5 Å². The van der Waals surface area contributed by atoms with E-state index < -0.39 is 21.7 Å². The summed E-state index contributed by atoms with van der Waals surface area (Å²) in [6.07, 6.45) is 3.77. The number of hydrogen-bond acceptors (Lipinski definition) is 5. The molecule has 0 bridgehead atoms. The predicted molar refractivity (Wildman–Crippen MR) is 158 cm³/mol. The second-order valence-electron chi connectivity index (χ2n) is 9.47. The first-order valence-electron chi connectivity index (χ1n) is 12.9. The van der Waals surface area contributed by atoms with E-state index in [2.05, 4.69) is 10.0 Å². The van der Waals surface area contributed by atoms with Crippen LogP contribution in [-0.2, 0) is 10.0 Å². The minimum Gasteiger partial charge on any atom is -0.455 e. The van der Waals surface area contributed by atoms with E-state index in [9.17, 15) is 17.6 Å². The van der Waals surface area contributed by atoms with Gasteiger partial charge in [0.25, 0.3) is 5.91 Å². The molecule has 1 amide bonds. The number of fused-ring (bicyclic) bond motifs is 2. The van der Waals surface area contributed by atoms with E-state index in [1.165, 1.54) is 31.3 Å². The Hall–Kier alpha value is -4.96. The first kappa shape index (κ1) is 26.3. The molecule has 206 valence electrons. The zero-order valence-corrected chi connectivity index (χ0v) is 23.0. The maximum Gasteiger partial charge on any atom is 0.255 e. The third kappa shape index (κ3) is 4.93. The average molecular weight is 569 g/mol. The number of amides is 1. The largest absolute Gasteiger partial charge is 0.455 e. The fourth-order valence-electron chi connectivity index (χ4n) is 4.76. The Balaban J connectivity index is 1.58. The number of sulfonamides is 1. The second-order valence-corrected chi connectivity index (χ2v) is 11.5. The number of furan rings is 1. The van der Waals surface area contributed by atoms with E-state index in [1.807, 2.05) is 59.3 Å². The molecule has 3 aromatic carbocycles. The van der Waals surface area contributed by atoms with Crippen LogP contribution in [0.3, 0.4) is 0 Å². The van der Waals surface area contributed by atoms with E-state index in [0.717, 1.165) is 16.9 Å². The molecular formula is C31H25FN4O4S. The molecule has 3 heterocycles. The molecule has 6 rings (SSSR count). The minimum atomic E-state index is -3.66. The number of halogens is 1. The summed E-state index contributed by atoms with van der Waals surface area (Å²) in [6.45, 7) is 1.55. The van der Waals surface area contributed by atoms with Crippen LogP contribution in [0.5, 0.6) is 0 Å². The van der Waals surface area contributed by atoms with Crippen molar-refractivity contribution in [3.8, 4) is 33.7 Å². The Labute approximate surface area is 235 Å². The fraction of sp³-hybridized carbons (Fsp3) is 0.0968. The molecule has 3 aromatic heterocycles. The zero-order chi connectivity index (χ0) is 28.7. The summed E-state index contributed by atoms with van der Waals surface area (Å²) in [7, 11) is -2.15. The maximum absolute atomic E-state index is 13.6. The second kappa shape index (κ2) is 10.2. The van der Waals surface area contributed by atoms with Crippen molar-refractivity contribution in [2.24, 2.45) is 0 Å². The van der Waals surface area contributed by atoms with E-state index in [-0.39, 0.29) is 17.1 Å². The van der Waals surface area contributed by atoms with E-state index in [0.29, 0.717) is 33.3 Å². The molecule has 0 aliphatic heterocycles. The van der Waals surface area contributed by atoms with Gasteiger partial charge in [-0.15, -0.1) is 0 Å². The molecule has 2 N–H and O–H groups in total. The van der Waals surface area contributed by atoms with Crippen LogP contribution in [0.25, 0.3) is 50.3 Å². The monoisotopic (exact) mass is 568 g/mol.